The van der Waals surface area contributed by atoms with Gasteiger partial charge in [-0.25, -0.2) is 22.8 Å². The number of allylic oxidation sites excluding steroid dienone is 1. The van der Waals surface area contributed by atoms with Crippen molar-refractivity contribution in [3.63, 3.8) is 0 Å². The number of carbonyl (C=O) groups is 4. The monoisotopic (exact) mass is 815 g/mol. The van der Waals surface area contributed by atoms with Crippen molar-refractivity contribution in [1.29, 1.82) is 0 Å². The normalized spacial score (nSPS) is 26.5. The summed E-state index contributed by atoms with van der Waals surface area (Å²) in [5, 5.41) is 8.72. The Balaban J connectivity index is 1.20. The van der Waals surface area contributed by atoms with E-state index in [1.165, 1.54) is 23.1 Å². The van der Waals surface area contributed by atoms with Crippen LogP contribution in [-0.2, 0) is 24.4 Å². The van der Waals surface area contributed by atoms with E-state index in [9.17, 15) is 32.0 Å². The molecule has 5 unspecified atom stereocenters. The van der Waals surface area contributed by atoms with Crippen LogP contribution in [0.25, 0.3) is 11.0 Å². The van der Waals surface area contributed by atoms with Crippen LogP contribution in [0, 0.1) is 25.6 Å². The molecule has 2 aliphatic carbocycles. The summed E-state index contributed by atoms with van der Waals surface area (Å²) in [5.74, 6) is -3.18. The van der Waals surface area contributed by atoms with Gasteiger partial charge in [0, 0.05) is 28.9 Å². The minimum Gasteiger partial charge on any atom is -0.471 e. The molecule has 2 saturated carbocycles. The molecule has 1 aromatic carbocycles. The molecule has 4 aliphatic rings. The minimum atomic E-state index is -3.92. The van der Waals surface area contributed by atoms with Crippen molar-refractivity contribution in [1.82, 2.24) is 35.4 Å². The second kappa shape index (κ2) is 14.4. The van der Waals surface area contributed by atoms with E-state index in [2.05, 4.69) is 46.4 Å². The molecule has 2 aliphatic heterocycles. The number of benzene rings is 1. The summed E-state index contributed by atoms with van der Waals surface area (Å²) in [6, 6.07) is 1.71. The average Bonchev–Trinajstić information content (AvgIpc) is 3.99. The number of carbonyl (C=O) groups excluding carboxylic acids is 4. The Hall–Kier alpha value is -4.45. The minimum absolute atomic E-state index is 0.00411. The van der Waals surface area contributed by atoms with E-state index in [-0.39, 0.29) is 42.9 Å². The number of halogens is 2. The van der Waals surface area contributed by atoms with Gasteiger partial charge < -0.3 is 24.8 Å². The van der Waals surface area contributed by atoms with Crippen LogP contribution in [0.5, 0.6) is 5.88 Å². The fourth-order valence-electron chi connectivity index (χ4n) is 6.98. The number of nitrogens with zero attached hydrogens (tertiary/aromatic N) is 4. The van der Waals surface area contributed by atoms with Gasteiger partial charge in [-0.2, -0.15) is 0 Å². The molecule has 0 spiro atoms. The quantitative estimate of drug-likeness (QED) is 0.296. The van der Waals surface area contributed by atoms with Crippen LogP contribution >= 0.6 is 15.9 Å². The van der Waals surface area contributed by atoms with Crippen molar-refractivity contribution in [2.24, 2.45) is 5.92 Å². The van der Waals surface area contributed by atoms with Gasteiger partial charge in [0.05, 0.1) is 17.3 Å². The zero-order valence-corrected chi connectivity index (χ0v) is 31.5. The molecule has 4 amide bonds. The number of ether oxygens (including phenoxy) is 1. The number of nitrogens with one attached hydrogen (secondary N) is 3. The Morgan fingerprint density at radius 2 is 1.91 bits per heavy atom. The molecule has 0 radical (unpaired) electrons. The summed E-state index contributed by atoms with van der Waals surface area (Å²) in [7, 11) is -3.92. The number of aryl methyl sites for hydroxylation is 2. The molecule has 4 heterocycles. The van der Waals surface area contributed by atoms with Crippen molar-refractivity contribution in [3.8, 4) is 5.88 Å². The smallest absolute Gasteiger partial charge is 0.274 e. The molecule has 3 fully saturated rings. The van der Waals surface area contributed by atoms with Gasteiger partial charge in [-0.3, -0.25) is 23.9 Å². The molecule has 7 rings (SSSR count). The zero-order valence-electron chi connectivity index (χ0n) is 29.1. The molecule has 3 aromatic rings. The van der Waals surface area contributed by atoms with E-state index in [1.807, 2.05) is 12.2 Å². The van der Waals surface area contributed by atoms with Gasteiger partial charge in [0.2, 0.25) is 27.7 Å². The molecule has 15 nitrogen and oxygen atoms in total. The highest BCUT2D eigenvalue weighted by Crippen LogP contribution is 2.46. The van der Waals surface area contributed by atoms with Crippen molar-refractivity contribution in [2.75, 3.05) is 6.54 Å². The third-order valence-electron chi connectivity index (χ3n) is 10.1. The summed E-state index contributed by atoms with van der Waals surface area (Å²) in [6.07, 6.45) is 7.00. The fraction of sp³-hybridized carbons (Fsp3) is 0.514. The predicted molar refractivity (Wildman–Crippen MR) is 190 cm³/mol. The average molecular weight is 817 g/mol. The summed E-state index contributed by atoms with van der Waals surface area (Å²) in [6.45, 7) is 3.20. The maximum absolute atomic E-state index is 14.5. The largest absolute Gasteiger partial charge is 0.471 e. The third kappa shape index (κ3) is 7.79. The number of aromatic nitrogens is 3. The molecule has 282 valence electrons. The molecule has 5 atom stereocenters. The standard InChI is InChI=1S/C35H39BrFN7O8S/c1-18-12-27(42-52-18)30(45)39-25-9-7-5-3-4-6-8-20-16-35(20,34(48)43-53(49,50)23-10-11-23)41-31(46)28-15-22(17-44(28)33(25)47)51-32-19(2)38-29-24(36)13-21(37)14-26(29)40-32/h6,8,12-14,20,22-23,25,28H,3-5,7,9-11,15-17H2,1-2H3,(H,39,45)(H,41,46)(H,43,48). The first-order valence-electron chi connectivity index (χ1n) is 17.6. The van der Waals surface area contributed by atoms with E-state index in [4.69, 9.17) is 9.26 Å². The highest BCUT2D eigenvalue weighted by molar-refractivity contribution is 9.10. The van der Waals surface area contributed by atoms with Crippen LogP contribution in [0.2, 0.25) is 0 Å². The molecule has 2 aromatic heterocycles. The summed E-state index contributed by atoms with van der Waals surface area (Å²) >= 11 is 3.31. The topological polar surface area (TPSA) is 203 Å². The summed E-state index contributed by atoms with van der Waals surface area (Å²) in [4.78, 5) is 66.0. The number of amides is 4. The summed E-state index contributed by atoms with van der Waals surface area (Å²) < 4.78 is 53.8. The first-order valence-corrected chi connectivity index (χ1v) is 20.0. The van der Waals surface area contributed by atoms with Gasteiger partial charge >= 0.3 is 0 Å². The van der Waals surface area contributed by atoms with Gasteiger partial charge in [-0.1, -0.05) is 30.2 Å². The van der Waals surface area contributed by atoms with Crippen LogP contribution in [0.4, 0.5) is 4.39 Å². The van der Waals surface area contributed by atoms with Crippen LogP contribution in [0.1, 0.15) is 79.7 Å². The fourth-order valence-corrected chi connectivity index (χ4v) is 8.85. The number of hydrogen-bond acceptors (Lipinski definition) is 11. The number of fused-ring (bicyclic) bond motifs is 3. The van der Waals surface area contributed by atoms with Gasteiger partial charge in [-0.05, 0) is 74.4 Å². The van der Waals surface area contributed by atoms with Gasteiger partial charge in [-0.15, -0.1) is 0 Å². The molecule has 18 heteroatoms. The summed E-state index contributed by atoms with van der Waals surface area (Å²) in [5.41, 5.74) is -0.508. The Morgan fingerprint density at radius 1 is 1.11 bits per heavy atom. The van der Waals surface area contributed by atoms with E-state index in [0.717, 1.165) is 12.8 Å². The van der Waals surface area contributed by atoms with Crippen molar-refractivity contribution in [2.45, 2.75) is 101 Å². The zero-order chi connectivity index (χ0) is 37.7. The lowest BCUT2D eigenvalue weighted by atomic mass is 10.0. The highest BCUT2D eigenvalue weighted by atomic mass is 79.9. The van der Waals surface area contributed by atoms with Crippen LogP contribution in [0.15, 0.2) is 39.3 Å². The van der Waals surface area contributed by atoms with E-state index < -0.39 is 74.4 Å². The third-order valence-corrected chi connectivity index (χ3v) is 12.5. The predicted octanol–water partition coefficient (Wildman–Crippen LogP) is 3.29. The van der Waals surface area contributed by atoms with Crippen molar-refractivity contribution >= 4 is 60.6 Å². The Morgan fingerprint density at radius 3 is 2.64 bits per heavy atom. The van der Waals surface area contributed by atoms with E-state index in [1.54, 1.807) is 13.8 Å². The second-order valence-corrected chi connectivity index (χ2v) is 17.0. The molecular weight excluding hydrogens is 777 g/mol. The Labute approximate surface area is 313 Å². The van der Waals surface area contributed by atoms with Gasteiger partial charge in [0.15, 0.2) is 5.69 Å². The van der Waals surface area contributed by atoms with Crippen LogP contribution < -0.4 is 20.1 Å². The Bertz CT molecular complexity index is 2130. The lowest BCUT2D eigenvalue weighted by Crippen LogP contribution is -2.58. The van der Waals surface area contributed by atoms with E-state index in [0.29, 0.717) is 47.1 Å². The van der Waals surface area contributed by atoms with Gasteiger partial charge in [0.25, 0.3) is 11.8 Å². The second-order valence-electron chi connectivity index (χ2n) is 14.2. The molecule has 53 heavy (non-hydrogen) atoms. The number of hydrogen-bond donors (Lipinski definition) is 3. The molecule has 1 saturated heterocycles. The first-order chi connectivity index (χ1) is 25.2. The molecule has 0 bridgehead atoms. The van der Waals surface area contributed by atoms with Crippen molar-refractivity contribution < 1.29 is 41.2 Å². The number of sulfonamides is 1. The first kappa shape index (κ1) is 36.9. The van der Waals surface area contributed by atoms with Gasteiger partial charge in [0.1, 0.15) is 46.5 Å². The molecule has 3 N–H and O–H groups in total. The maximum Gasteiger partial charge on any atom is 0.274 e. The van der Waals surface area contributed by atoms with Crippen LogP contribution in [0.3, 0.4) is 0 Å². The lowest BCUT2D eigenvalue weighted by molar-refractivity contribution is -0.141. The highest BCUT2D eigenvalue weighted by Gasteiger charge is 2.62. The van der Waals surface area contributed by atoms with E-state index >= 15 is 0 Å². The number of rotatable bonds is 7. The lowest BCUT2D eigenvalue weighted by Gasteiger charge is -2.29. The maximum atomic E-state index is 14.5. The molecular formula is C35H39BrFN7O8S. The Kier molecular flexibility index (Phi) is 10.0. The van der Waals surface area contributed by atoms with Crippen LogP contribution in [-0.4, -0.2) is 87.6 Å². The SMILES string of the molecule is Cc1cc(C(=O)NC2CCCCCC=CC3CC3(C(=O)NS(=O)(=O)C3CC3)NC(=O)C3CC(Oc4nc5cc(F)cc(Br)c5nc4C)CN3C2=O)no1. The van der Waals surface area contributed by atoms with Crippen molar-refractivity contribution in [3.05, 3.63) is 57.8 Å².